The summed E-state index contributed by atoms with van der Waals surface area (Å²) in [6, 6.07) is 8.16. The number of hydrogen-bond acceptors (Lipinski definition) is 6. The second kappa shape index (κ2) is 6.16. The van der Waals surface area contributed by atoms with Gasteiger partial charge in [0.2, 0.25) is 5.89 Å². The van der Waals surface area contributed by atoms with Crippen molar-refractivity contribution >= 4 is 5.95 Å². The predicted molar refractivity (Wildman–Crippen MR) is 95.4 cm³/mol. The van der Waals surface area contributed by atoms with Crippen LogP contribution in [0.3, 0.4) is 0 Å². The first kappa shape index (κ1) is 15.4. The zero-order valence-corrected chi connectivity index (χ0v) is 14.7. The summed E-state index contributed by atoms with van der Waals surface area (Å²) in [7, 11) is 1.69. The number of methoxy groups -OCH3 is 1. The summed E-state index contributed by atoms with van der Waals surface area (Å²) in [4.78, 5) is 14.7. The molecule has 2 aromatic heterocycles. The maximum Gasteiger partial charge on any atom is 0.266 e. The Morgan fingerprint density at radius 2 is 2.23 bits per heavy atom. The standard InChI is InChI=1S/C19H21N5O2/c1-25-14-7-3-6-13(8-14)15-9-24(10-16-17(15)21-11-20-16)19-22-18(26-23-19)12-4-2-5-12/h3,6-8,11-12,15H,2,4-5,9-10H2,1H3,(H,20,21). The van der Waals surface area contributed by atoms with Crippen molar-refractivity contribution in [3.63, 3.8) is 0 Å². The molecule has 7 nitrogen and oxygen atoms in total. The number of imidazole rings is 1. The van der Waals surface area contributed by atoms with Gasteiger partial charge in [0.05, 0.1) is 31.4 Å². The lowest BCUT2D eigenvalue weighted by atomic mass is 9.85. The lowest BCUT2D eigenvalue weighted by Crippen LogP contribution is -2.35. The zero-order chi connectivity index (χ0) is 17.5. The van der Waals surface area contributed by atoms with E-state index in [0.717, 1.165) is 42.4 Å². The topological polar surface area (TPSA) is 80.1 Å². The van der Waals surface area contributed by atoms with E-state index < -0.39 is 0 Å². The summed E-state index contributed by atoms with van der Waals surface area (Å²) in [6.07, 6.45) is 5.32. The minimum Gasteiger partial charge on any atom is -0.497 e. The number of aromatic nitrogens is 4. The van der Waals surface area contributed by atoms with Crippen molar-refractivity contribution < 1.29 is 9.26 Å². The van der Waals surface area contributed by atoms with Crippen LogP contribution in [0.2, 0.25) is 0 Å². The van der Waals surface area contributed by atoms with Gasteiger partial charge in [0.1, 0.15) is 5.75 Å². The molecule has 1 N–H and O–H groups in total. The third kappa shape index (κ3) is 2.55. The molecule has 1 unspecified atom stereocenters. The van der Waals surface area contributed by atoms with Gasteiger partial charge in [-0.1, -0.05) is 18.6 Å². The van der Waals surface area contributed by atoms with E-state index in [4.69, 9.17) is 9.26 Å². The van der Waals surface area contributed by atoms with Crippen molar-refractivity contribution in [3.05, 3.63) is 53.4 Å². The van der Waals surface area contributed by atoms with E-state index in [1.165, 1.54) is 12.0 Å². The predicted octanol–water partition coefficient (Wildman–Crippen LogP) is 3.22. The van der Waals surface area contributed by atoms with Crippen molar-refractivity contribution in [3.8, 4) is 5.75 Å². The molecule has 7 heteroatoms. The van der Waals surface area contributed by atoms with E-state index in [-0.39, 0.29) is 5.92 Å². The molecule has 1 aliphatic heterocycles. The fourth-order valence-electron chi connectivity index (χ4n) is 3.77. The highest BCUT2D eigenvalue weighted by molar-refractivity contribution is 5.43. The largest absolute Gasteiger partial charge is 0.497 e. The highest BCUT2D eigenvalue weighted by Gasteiger charge is 2.32. The van der Waals surface area contributed by atoms with Crippen molar-refractivity contribution in [1.29, 1.82) is 0 Å². The maximum absolute atomic E-state index is 5.52. The van der Waals surface area contributed by atoms with Crippen molar-refractivity contribution in [2.75, 3.05) is 18.6 Å². The highest BCUT2D eigenvalue weighted by Crippen LogP contribution is 2.38. The van der Waals surface area contributed by atoms with Crippen LogP contribution < -0.4 is 9.64 Å². The van der Waals surface area contributed by atoms with E-state index in [0.29, 0.717) is 18.4 Å². The minimum atomic E-state index is 0.130. The fraction of sp³-hybridized carbons (Fsp3) is 0.421. The number of hydrogen-bond donors (Lipinski definition) is 1. The summed E-state index contributed by atoms with van der Waals surface area (Å²) < 4.78 is 10.9. The average Bonchev–Trinajstić information content (AvgIpc) is 3.28. The fourth-order valence-corrected chi connectivity index (χ4v) is 3.77. The molecular weight excluding hydrogens is 330 g/mol. The maximum atomic E-state index is 5.52. The lowest BCUT2D eigenvalue weighted by molar-refractivity contribution is 0.292. The number of aromatic amines is 1. The van der Waals surface area contributed by atoms with E-state index in [2.05, 4.69) is 37.1 Å². The third-order valence-corrected chi connectivity index (χ3v) is 5.50. The number of fused-ring (bicyclic) bond motifs is 1. The molecule has 0 amide bonds. The van der Waals surface area contributed by atoms with Crippen molar-refractivity contribution in [2.45, 2.75) is 37.6 Å². The first-order valence-corrected chi connectivity index (χ1v) is 9.06. The Morgan fingerprint density at radius 1 is 1.31 bits per heavy atom. The van der Waals surface area contributed by atoms with Gasteiger partial charge in [0.15, 0.2) is 0 Å². The average molecular weight is 351 g/mol. The molecule has 0 spiro atoms. The molecule has 5 rings (SSSR count). The molecule has 26 heavy (non-hydrogen) atoms. The van der Waals surface area contributed by atoms with Gasteiger partial charge in [0, 0.05) is 18.4 Å². The van der Waals surface area contributed by atoms with Crippen LogP contribution in [0, 0.1) is 0 Å². The van der Waals surface area contributed by atoms with E-state index in [9.17, 15) is 0 Å². The molecule has 3 heterocycles. The van der Waals surface area contributed by atoms with Crippen LogP contribution in [-0.4, -0.2) is 33.8 Å². The molecular formula is C19H21N5O2. The van der Waals surface area contributed by atoms with Gasteiger partial charge >= 0.3 is 0 Å². The molecule has 1 aromatic carbocycles. The number of nitrogens with one attached hydrogen (secondary N) is 1. The quantitative estimate of drug-likeness (QED) is 0.777. The number of nitrogens with zero attached hydrogens (tertiary/aromatic N) is 4. The molecule has 0 saturated heterocycles. The molecule has 0 radical (unpaired) electrons. The Labute approximate surface area is 151 Å². The number of anilines is 1. The molecule has 3 aromatic rings. The SMILES string of the molecule is COc1cccc(C2CN(c3noc(C4CCC4)n3)Cc3[nH]cnc32)c1. The van der Waals surface area contributed by atoms with Crippen LogP contribution >= 0.6 is 0 Å². The van der Waals surface area contributed by atoms with Gasteiger partial charge in [-0.25, -0.2) is 4.98 Å². The van der Waals surface area contributed by atoms with E-state index >= 15 is 0 Å². The van der Waals surface area contributed by atoms with E-state index in [1.54, 1.807) is 13.4 Å². The van der Waals surface area contributed by atoms with Crippen LogP contribution in [-0.2, 0) is 6.54 Å². The molecule has 1 aliphatic carbocycles. The second-order valence-electron chi connectivity index (χ2n) is 7.04. The smallest absolute Gasteiger partial charge is 0.266 e. The zero-order valence-electron chi connectivity index (χ0n) is 14.7. The Bertz CT molecular complexity index is 914. The molecule has 1 saturated carbocycles. The second-order valence-corrected chi connectivity index (χ2v) is 7.04. The van der Waals surface area contributed by atoms with Crippen molar-refractivity contribution in [1.82, 2.24) is 20.1 Å². The Morgan fingerprint density at radius 3 is 3.04 bits per heavy atom. The van der Waals surface area contributed by atoms with Gasteiger partial charge < -0.3 is 19.1 Å². The number of H-pyrrole nitrogens is 1. The summed E-state index contributed by atoms with van der Waals surface area (Å²) in [6.45, 7) is 1.47. The molecule has 1 fully saturated rings. The lowest BCUT2D eigenvalue weighted by Gasteiger charge is -2.31. The Balaban J connectivity index is 1.47. The van der Waals surface area contributed by atoms with Crippen LogP contribution in [0.1, 0.15) is 53.9 Å². The Kier molecular flexibility index (Phi) is 3.65. The van der Waals surface area contributed by atoms with Gasteiger partial charge in [-0.2, -0.15) is 4.98 Å². The van der Waals surface area contributed by atoms with Crippen LogP contribution in [0.15, 0.2) is 35.1 Å². The van der Waals surface area contributed by atoms with Crippen LogP contribution in [0.5, 0.6) is 5.75 Å². The normalized spacial score (nSPS) is 19.9. The minimum absolute atomic E-state index is 0.130. The third-order valence-electron chi connectivity index (χ3n) is 5.50. The molecule has 134 valence electrons. The van der Waals surface area contributed by atoms with Gasteiger partial charge in [0.25, 0.3) is 5.95 Å². The van der Waals surface area contributed by atoms with Gasteiger partial charge in [-0.3, -0.25) is 0 Å². The van der Waals surface area contributed by atoms with E-state index in [1.807, 2.05) is 12.1 Å². The first-order chi connectivity index (χ1) is 12.8. The number of rotatable bonds is 4. The molecule has 1 atom stereocenters. The van der Waals surface area contributed by atoms with Crippen LogP contribution in [0.25, 0.3) is 0 Å². The number of benzene rings is 1. The van der Waals surface area contributed by atoms with Crippen molar-refractivity contribution in [2.24, 2.45) is 0 Å². The number of ether oxygens (including phenoxy) is 1. The first-order valence-electron chi connectivity index (χ1n) is 9.06. The summed E-state index contributed by atoms with van der Waals surface area (Å²) >= 11 is 0. The van der Waals surface area contributed by atoms with Crippen LogP contribution in [0.4, 0.5) is 5.95 Å². The summed E-state index contributed by atoms with van der Waals surface area (Å²) in [5.74, 6) is 2.87. The van der Waals surface area contributed by atoms with Gasteiger partial charge in [-0.05, 0) is 35.7 Å². The molecule has 2 aliphatic rings. The van der Waals surface area contributed by atoms with Gasteiger partial charge in [-0.15, -0.1) is 0 Å². The Hall–Kier alpha value is -2.83. The monoisotopic (exact) mass is 351 g/mol. The summed E-state index contributed by atoms with van der Waals surface area (Å²) in [5.41, 5.74) is 3.35. The highest BCUT2D eigenvalue weighted by atomic mass is 16.5. The molecule has 0 bridgehead atoms. The summed E-state index contributed by atoms with van der Waals surface area (Å²) in [5, 5.41) is 4.24.